The van der Waals surface area contributed by atoms with E-state index in [1.807, 2.05) is 13.0 Å². The van der Waals surface area contributed by atoms with Crippen molar-refractivity contribution in [3.63, 3.8) is 0 Å². The lowest BCUT2D eigenvalue weighted by Gasteiger charge is -2.12. The van der Waals surface area contributed by atoms with Crippen molar-refractivity contribution in [3.05, 3.63) is 29.3 Å². The number of nitrogens with one attached hydrogen (secondary N) is 1. The van der Waals surface area contributed by atoms with Crippen molar-refractivity contribution in [2.24, 2.45) is 0 Å². The van der Waals surface area contributed by atoms with E-state index in [1.165, 1.54) is 0 Å². The normalized spacial score (nSPS) is 10.2. The first kappa shape index (κ1) is 13.5. The van der Waals surface area contributed by atoms with E-state index in [-0.39, 0.29) is 6.61 Å². The van der Waals surface area contributed by atoms with E-state index in [4.69, 9.17) is 10.2 Å². The molecule has 3 N–H and O–H groups in total. The first-order chi connectivity index (χ1) is 8.16. The molecule has 0 fully saturated rings. The molecule has 0 aliphatic rings. The van der Waals surface area contributed by atoms with Crippen molar-refractivity contribution >= 4 is 11.7 Å². The fraction of sp³-hybridized carbons (Fsp3) is 0.462. The molecule has 0 heterocycles. The SMILES string of the molecule is Cc1cccc(C(=O)O)c1NCCCCCO. The standard InChI is InChI=1S/C13H19NO3/c1-10-6-5-7-11(13(16)17)12(10)14-8-3-2-4-9-15/h5-7,14-15H,2-4,8-9H2,1H3,(H,16,17). The lowest BCUT2D eigenvalue weighted by molar-refractivity contribution is 0.0698. The maximum Gasteiger partial charge on any atom is 0.337 e. The zero-order valence-corrected chi connectivity index (χ0v) is 10.1. The van der Waals surface area contributed by atoms with Gasteiger partial charge in [0, 0.05) is 13.2 Å². The molecule has 0 saturated carbocycles. The van der Waals surface area contributed by atoms with Gasteiger partial charge in [-0.3, -0.25) is 0 Å². The quantitative estimate of drug-likeness (QED) is 0.636. The average Bonchev–Trinajstić information content (AvgIpc) is 2.30. The highest BCUT2D eigenvalue weighted by Crippen LogP contribution is 2.20. The Bertz CT molecular complexity index is 377. The van der Waals surface area contributed by atoms with E-state index >= 15 is 0 Å². The van der Waals surface area contributed by atoms with Gasteiger partial charge in [0.05, 0.1) is 11.3 Å². The second kappa shape index (κ2) is 6.91. The number of carbonyl (C=O) groups is 1. The molecule has 0 unspecified atom stereocenters. The molecule has 1 aromatic rings. The summed E-state index contributed by atoms with van der Waals surface area (Å²) in [7, 11) is 0. The van der Waals surface area contributed by atoms with Crippen molar-refractivity contribution in [2.45, 2.75) is 26.2 Å². The molecule has 0 aliphatic heterocycles. The molecule has 0 aliphatic carbocycles. The number of hydrogen-bond acceptors (Lipinski definition) is 3. The van der Waals surface area contributed by atoms with Gasteiger partial charge in [0.2, 0.25) is 0 Å². The number of hydrogen-bond donors (Lipinski definition) is 3. The first-order valence-corrected chi connectivity index (χ1v) is 5.84. The Morgan fingerprint density at radius 1 is 1.29 bits per heavy atom. The predicted octanol–water partition coefficient (Wildman–Crippen LogP) is 2.27. The fourth-order valence-electron chi connectivity index (χ4n) is 1.71. The van der Waals surface area contributed by atoms with Gasteiger partial charge in [-0.05, 0) is 37.8 Å². The summed E-state index contributed by atoms with van der Waals surface area (Å²) in [5.74, 6) is -0.911. The van der Waals surface area contributed by atoms with Gasteiger partial charge in [0.25, 0.3) is 0 Å². The number of aliphatic hydroxyl groups excluding tert-OH is 1. The summed E-state index contributed by atoms with van der Waals surface area (Å²) in [5.41, 5.74) is 1.95. The van der Waals surface area contributed by atoms with E-state index < -0.39 is 5.97 Å². The van der Waals surface area contributed by atoms with Crippen molar-refractivity contribution in [2.75, 3.05) is 18.5 Å². The van der Waals surface area contributed by atoms with Gasteiger partial charge < -0.3 is 15.5 Å². The molecule has 0 bridgehead atoms. The van der Waals surface area contributed by atoms with Gasteiger partial charge in [-0.2, -0.15) is 0 Å². The van der Waals surface area contributed by atoms with Crippen LogP contribution < -0.4 is 5.32 Å². The Morgan fingerprint density at radius 2 is 2.06 bits per heavy atom. The number of rotatable bonds is 7. The number of aliphatic hydroxyl groups is 1. The van der Waals surface area contributed by atoms with Gasteiger partial charge in [-0.25, -0.2) is 4.79 Å². The van der Waals surface area contributed by atoms with Gasteiger partial charge in [0.15, 0.2) is 0 Å². The number of para-hydroxylation sites is 1. The van der Waals surface area contributed by atoms with E-state index in [1.54, 1.807) is 12.1 Å². The largest absolute Gasteiger partial charge is 0.478 e. The minimum atomic E-state index is -0.911. The maximum absolute atomic E-state index is 11.0. The smallest absolute Gasteiger partial charge is 0.337 e. The average molecular weight is 237 g/mol. The molecule has 1 aromatic carbocycles. The van der Waals surface area contributed by atoms with Crippen LogP contribution in [0.15, 0.2) is 18.2 Å². The van der Waals surface area contributed by atoms with Crippen LogP contribution in [0.3, 0.4) is 0 Å². The fourth-order valence-corrected chi connectivity index (χ4v) is 1.71. The molecule has 94 valence electrons. The summed E-state index contributed by atoms with van der Waals surface area (Å²) in [6.45, 7) is 2.83. The van der Waals surface area contributed by atoms with Crippen LogP contribution in [0, 0.1) is 6.92 Å². The molecule has 0 aromatic heterocycles. The van der Waals surface area contributed by atoms with E-state index in [9.17, 15) is 4.79 Å². The molecule has 0 spiro atoms. The highest BCUT2D eigenvalue weighted by atomic mass is 16.4. The molecule has 0 radical (unpaired) electrons. The van der Waals surface area contributed by atoms with Crippen LogP contribution in [-0.4, -0.2) is 29.3 Å². The Balaban J connectivity index is 2.60. The third-order valence-electron chi connectivity index (χ3n) is 2.64. The Hall–Kier alpha value is -1.55. The molecule has 0 amide bonds. The van der Waals surface area contributed by atoms with Crippen LogP contribution in [0.2, 0.25) is 0 Å². The molecule has 4 heteroatoms. The van der Waals surface area contributed by atoms with Gasteiger partial charge in [-0.1, -0.05) is 12.1 Å². The Morgan fingerprint density at radius 3 is 2.71 bits per heavy atom. The van der Waals surface area contributed by atoms with E-state index in [0.717, 1.165) is 31.4 Å². The minimum absolute atomic E-state index is 0.213. The van der Waals surface area contributed by atoms with Crippen LogP contribution in [0.5, 0.6) is 0 Å². The molecule has 0 saturated heterocycles. The van der Waals surface area contributed by atoms with Gasteiger partial charge in [0.1, 0.15) is 0 Å². The highest BCUT2D eigenvalue weighted by Gasteiger charge is 2.10. The monoisotopic (exact) mass is 237 g/mol. The summed E-state index contributed by atoms with van der Waals surface area (Å²) in [5, 5.41) is 20.9. The molecular weight excluding hydrogens is 218 g/mol. The molecule has 1 rings (SSSR count). The molecule has 4 nitrogen and oxygen atoms in total. The number of carboxylic acid groups (broad SMARTS) is 1. The lowest BCUT2D eigenvalue weighted by Crippen LogP contribution is -2.09. The van der Waals surface area contributed by atoms with Crippen molar-refractivity contribution in [1.29, 1.82) is 0 Å². The number of aromatic carboxylic acids is 1. The molecule has 17 heavy (non-hydrogen) atoms. The third-order valence-corrected chi connectivity index (χ3v) is 2.64. The Labute approximate surface area is 101 Å². The number of benzene rings is 1. The van der Waals surface area contributed by atoms with Crippen molar-refractivity contribution < 1.29 is 15.0 Å². The minimum Gasteiger partial charge on any atom is -0.478 e. The summed E-state index contributed by atoms with van der Waals surface area (Å²) in [4.78, 5) is 11.0. The Kier molecular flexibility index (Phi) is 5.49. The van der Waals surface area contributed by atoms with Crippen LogP contribution in [0.4, 0.5) is 5.69 Å². The highest BCUT2D eigenvalue weighted by molar-refractivity contribution is 5.95. The zero-order chi connectivity index (χ0) is 12.7. The maximum atomic E-state index is 11.0. The van der Waals surface area contributed by atoms with Gasteiger partial charge in [-0.15, -0.1) is 0 Å². The molecular formula is C13H19NO3. The van der Waals surface area contributed by atoms with Crippen molar-refractivity contribution in [3.8, 4) is 0 Å². The number of aryl methyl sites for hydroxylation is 1. The van der Waals surface area contributed by atoms with Crippen LogP contribution in [-0.2, 0) is 0 Å². The summed E-state index contributed by atoms with van der Waals surface area (Å²) >= 11 is 0. The third kappa shape index (κ3) is 4.07. The summed E-state index contributed by atoms with van der Waals surface area (Å²) in [6.07, 6.45) is 2.66. The zero-order valence-electron chi connectivity index (χ0n) is 10.1. The number of carboxylic acids is 1. The predicted molar refractivity (Wildman–Crippen MR) is 67.6 cm³/mol. The van der Waals surface area contributed by atoms with Crippen LogP contribution in [0.25, 0.3) is 0 Å². The summed E-state index contributed by atoms with van der Waals surface area (Å²) in [6, 6.07) is 5.24. The number of unbranched alkanes of at least 4 members (excludes halogenated alkanes) is 2. The van der Waals surface area contributed by atoms with Crippen molar-refractivity contribution in [1.82, 2.24) is 0 Å². The van der Waals surface area contributed by atoms with Crippen LogP contribution >= 0.6 is 0 Å². The van der Waals surface area contributed by atoms with E-state index in [2.05, 4.69) is 5.32 Å². The summed E-state index contributed by atoms with van der Waals surface area (Å²) < 4.78 is 0. The number of anilines is 1. The second-order valence-corrected chi connectivity index (χ2v) is 4.01. The van der Waals surface area contributed by atoms with Crippen LogP contribution in [0.1, 0.15) is 35.2 Å². The first-order valence-electron chi connectivity index (χ1n) is 5.84. The molecule has 0 atom stereocenters. The van der Waals surface area contributed by atoms with Gasteiger partial charge >= 0.3 is 5.97 Å². The lowest BCUT2D eigenvalue weighted by atomic mass is 10.1. The van der Waals surface area contributed by atoms with E-state index in [0.29, 0.717) is 11.3 Å². The topological polar surface area (TPSA) is 69.6 Å². The second-order valence-electron chi connectivity index (χ2n) is 4.01.